The van der Waals surface area contributed by atoms with Crippen molar-refractivity contribution in [2.24, 2.45) is 0 Å². The molecule has 25 heavy (non-hydrogen) atoms. The summed E-state index contributed by atoms with van der Waals surface area (Å²) in [6.45, 7) is 6.13. The van der Waals surface area contributed by atoms with Gasteiger partial charge in [-0.2, -0.15) is 0 Å². The van der Waals surface area contributed by atoms with Gasteiger partial charge in [0.15, 0.2) is 0 Å². The van der Waals surface area contributed by atoms with E-state index in [1.165, 1.54) is 16.9 Å². The van der Waals surface area contributed by atoms with Gasteiger partial charge in [0.2, 0.25) is 0 Å². The lowest BCUT2D eigenvalue weighted by Gasteiger charge is -2.38. The average molecular weight is 340 g/mol. The number of likely N-dealkylation sites (N-methyl/N-ethyl adjacent to an activating group) is 1. The van der Waals surface area contributed by atoms with E-state index in [9.17, 15) is 0 Å². The second-order valence-corrected chi connectivity index (χ2v) is 7.65. The topological polar surface area (TPSA) is 44.4 Å². The Morgan fingerprint density at radius 2 is 2.04 bits per heavy atom. The minimum atomic E-state index is 0.0775. The van der Waals surface area contributed by atoms with Gasteiger partial charge in [-0.1, -0.05) is 17.7 Å². The lowest BCUT2D eigenvalue weighted by molar-refractivity contribution is -0.0450. The summed E-state index contributed by atoms with van der Waals surface area (Å²) >= 11 is 0. The third kappa shape index (κ3) is 3.58. The first-order chi connectivity index (χ1) is 12.1. The van der Waals surface area contributed by atoms with Gasteiger partial charge >= 0.3 is 0 Å². The number of benzene rings is 1. The minimum Gasteiger partial charge on any atom is -0.373 e. The highest BCUT2D eigenvalue weighted by Gasteiger charge is 2.43. The molecule has 0 aliphatic carbocycles. The van der Waals surface area contributed by atoms with Gasteiger partial charge in [-0.25, -0.2) is 4.98 Å². The molecule has 1 aromatic carbocycles. The van der Waals surface area contributed by atoms with E-state index in [1.807, 2.05) is 6.20 Å². The highest BCUT2D eigenvalue weighted by molar-refractivity contribution is 5.48. The van der Waals surface area contributed by atoms with Crippen molar-refractivity contribution in [3.05, 3.63) is 48.0 Å². The molecule has 1 atom stereocenters. The van der Waals surface area contributed by atoms with Gasteiger partial charge in [-0.15, -0.1) is 0 Å². The molecule has 0 saturated carbocycles. The Hall–Kier alpha value is -1.85. The fraction of sp³-hybridized carbons (Fsp3) is 0.550. The van der Waals surface area contributed by atoms with Crippen LogP contribution >= 0.6 is 0 Å². The smallest absolute Gasteiger partial charge is 0.0922 e. The Morgan fingerprint density at radius 3 is 2.72 bits per heavy atom. The number of likely N-dealkylation sites (tertiary alicyclic amines) is 1. The van der Waals surface area contributed by atoms with Gasteiger partial charge < -0.3 is 14.6 Å². The molecule has 0 bridgehead atoms. The number of aromatic nitrogens is 2. The molecular formula is C20H28N4O. The maximum absolute atomic E-state index is 6.36. The molecule has 1 spiro atoms. The van der Waals surface area contributed by atoms with E-state index in [1.54, 1.807) is 6.33 Å². The second-order valence-electron chi connectivity index (χ2n) is 7.65. The minimum absolute atomic E-state index is 0.0775. The molecule has 2 aliphatic rings. The van der Waals surface area contributed by atoms with Crippen LogP contribution in [0.15, 0.2) is 36.8 Å². The number of hydrogen-bond donors (Lipinski definition) is 1. The molecule has 4 rings (SSSR count). The van der Waals surface area contributed by atoms with Gasteiger partial charge in [-0.3, -0.25) is 4.90 Å². The van der Waals surface area contributed by atoms with Crippen LogP contribution in [-0.4, -0.2) is 53.3 Å². The molecule has 1 unspecified atom stereocenters. The molecule has 0 radical (unpaired) electrons. The van der Waals surface area contributed by atoms with Crippen molar-refractivity contribution >= 4 is 5.69 Å². The molecule has 134 valence electrons. The normalized spacial score (nSPS) is 23.2. The van der Waals surface area contributed by atoms with Crippen molar-refractivity contribution in [2.45, 2.75) is 44.4 Å². The molecule has 1 aromatic heterocycles. The summed E-state index contributed by atoms with van der Waals surface area (Å²) in [5, 5.41) is 0. The Kier molecular flexibility index (Phi) is 4.52. The van der Waals surface area contributed by atoms with Gasteiger partial charge in [0.05, 0.1) is 24.6 Å². The van der Waals surface area contributed by atoms with E-state index in [0.717, 1.165) is 45.5 Å². The molecule has 5 nitrogen and oxygen atoms in total. The summed E-state index contributed by atoms with van der Waals surface area (Å²) in [5.41, 5.74) is 3.86. The number of hydrogen-bond acceptors (Lipinski definition) is 4. The third-order valence-electron chi connectivity index (χ3n) is 5.89. The molecule has 3 heterocycles. The Balaban J connectivity index is 1.33. The molecule has 2 fully saturated rings. The van der Waals surface area contributed by atoms with E-state index in [2.05, 4.69) is 58.0 Å². The van der Waals surface area contributed by atoms with Crippen LogP contribution in [0.5, 0.6) is 0 Å². The Labute approximate surface area is 150 Å². The lowest BCUT2D eigenvalue weighted by atomic mass is 9.87. The standard InChI is InChI=1S/C20H28N4O/c1-16-3-5-18(6-4-16)23(2)19-11-20(25-14-19)7-9-24(10-8-20)13-17-12-21-15-22-17/h3-6,12,15,19H,7-11,13-14H2,1-2H3,(H,21,22). The molecule has 5 heteroatoms. The number of imidazole rings is 1. The summed E-state index contributed by atoms with van der Waals surface area (Å²) < 4.78 is 6.36. The van der Waals surface area contributed by atoms with Gasteiger partial charge in [0, 0.05) is 44.3 Å². The quantitative estimate of drug-likeness (QED) is 0.929. The van der Waals surface area contributed by atoms with E-state index in [-0.39, 0.29) is 5.60 Å². The molecule has 0 amide bonds. The largest absolute Gasteiger partial charge is 0.373 e. The number of aromatic amines is 1. The van der Waals surface area contributed by atoms with E-state index >= 15 is 0 Å². The maximum atomic E-state index is 6.36. The van der Waals surface area contributed by atoms with Gasteiger partial charge in [-0.05, 0) is 38.3 Å². The lowest BCUT2D eigenvalue weighted by Crippen LogP contribution is -2.44. The van der Waals surface area contributed by atoms with Crippen LogP contribution in [0.2, 0.25) is 0 Å². The van der Waals surface area contributed by atoms with Crippen LogP contribution in [0.4, 0.5) is 5.69 Å². The molecule has 1 N–H and O–H groups in total. The van der Waals surface area contributed by atoms with Crippen molar-refractivity contribution < 1.29 is 4.74 Å². The first-order valence-corrected chi connectivity index (χ1v) is 9.27. The van der Waals surface area contributed by atoms with Crippen LogP contribution in [0.1, 0.15) is 30.5 Å². The monoisotopic (exact) mass is 340 g/mol. The first kappa shape index (κ1) is 16.6. The number of nitrogens with one attached hydrogen (secondary N) is 1. The Bertz CT molecular complexity index is 674. The van der Waals surface area contributed by atoms with Crippen LogP contribution in [0, 0.1) is 6.92 Å². The average Bonchev–Trinajstić information content (AvgIpc) is 3.28. The zero-order chi connectivity index (χ0) is 17.3. The van der Waals surface area contributed by atoms with Crippen molar-refractivity contribution in [3.63, 3.8) is 0 Å². The van der Waals surface area contributed by atoms with E-state index in [4.69, 9.17) is 4.74 Å². The van der Waals surface area contributed by atoms with Crippen molar-refractivity contribution in [1.29, 1.82) is 0 Å². The first-order valence-electron chi connectivity index (χ1n) is 9.27. The number of anilines is 1. The predicted octanol–water partition coefficient (Wildman–Crippen LogP) is 2.98. The summed E-state index contributed by atoms with van der Waals surface area (Å²) in [5.74, 6) is 0. The molecule has 2 aromatic rings. The molecular weight excluding hydrogens is 312 g/mol. The summed E-state index contributed by atoms with van der Waals surface area (Å²) in [4.78, 5) is 12.2. The number of aryl methyl sites for hydroxylation is 1. The van der Waals surface area contributed by atoms with Crippen molar-refractivity contribution in [1.82, 2.24) is 14.9 Å². The second kappa shape index (κ2) is 6.81. The number of nitrogens with zero attached hydrogens (tertiary/aromatic N) is 3. The SMILES string of the molecule is Cc1ccc(N(C)C2COC3(CCN(Cc4cnc[nH]4)CC3)C2)cc1. The van der Waals surface area contributed by atoms with Crippen LogP contribution < -0.4 is 4.90 Å². The highest BCUT2D eigenvalue weighted by atomic mass is 16.5. The number of H-pyrrole nitrogens is 1. The number of piperidine rings is 1. The highest BCUT2D eigenvalue weighted by Crippen LogP contribution is 2.38. The predicted molar refractivity (Wildman–Crippen MR) is 99.8 cm³/mol. The van der Waals surface area contributed by atoms with Crippen molar-refractivity contribution in [2.75, 3.05) is 31.6 Å². The summed E-state index contributed by atoms with van der Waals surface area (Å²) in [6.07, 6.45) is 7.06. The van der Waals surface area contributed by atoms with Crippen LogP contribution in [-0.2, 0) is 11.3 Å². The number of rotatable bonds is 4. The summed E-state index contributed by atoms with van der Waals surface area (Å²) in [7, 11) is 2.20. The van der Waals surface area contributed by atoms with Gasteiger partial charge in [0.1, 0.15) is 0 Å². The van der Waals surface area contributed by atoms with Crippen molar-refractivity contribution in [3.8, 4) is 0 Å². The van der Waals surface area contributed by atoms with Crippen LogP contribution in [0.25, 0.3) is 0 Å². The third-order valence-corrected chi connectivity index (χ3v) is 5.89. The fourth-order valence-electron chi connectivity index (χ4n) is 4.14. The molecule has 2 saturated heterocycles. The van der Waals surface area contributed by atoms with E-state index in [0.29, 0.717) is 6.04 Å². The van der Waals surface area contributed by atoms with E-state index < -0.39 is 0 Å². The zero-order valence-corrected chi connectivity index (χ0v) is 15.2. The van der Waals surface area contributed by atoms with Crippen LogP contribution in [0.3, 0.4) is 0 Å². The molecule has 2 aliphatic heterocycles. The summed E-state index contributed by atoms with van der Waals surface area (Å²) in [6, 6.07) is 9.28. The maximum Gasteiger partial charge on any atom is 0.0922 e. The number of ether oxygens (including phenoxy) is 1. The van der Waals surface area contributed by atoms with Gasteiger partial charge in [0.25, 0.3) is 0 Å². The fourth-order valence-corrected chi connectivity index (χ4v) is 4.14. The Morgan fingerprint density at radius 1 is 1.28 bits per heavy atom. The zero-order valence-electron chi connectivity index (χ0n) is 15.2.